The molecule has 39 heavy (non-hydrogen) atoms. The number of oxazole rings is 1. The van der Waals surface area contributed by atoms with Gasteiger partial charge >= 0.3 is 5.97 Å². The second-order valence-corrected chi connectivity index (χ2v) is 10.7. The van der Waals surface area contributed by atoms with E-state index < -0.39 is 5.41 Å². The summed E-state index contributed by atoms with van der Waals surface area (Å²) >= 11 is 0. The van der Waals surface area contributed by atoms with Gasteiger partial charge in [0.1, 0.15) is 23.4 Å². The van der Waals surface area contributed by atoms with Gasteiger partial charge in [-0.25, -0.2) is 14.4 Å². The molecule has 0 amide bonds. The van der Waals surface area contributed by atoms with Gasteiger partial charge < -0.3 is 13.7 Å². The van der Waals surface area contributed by atoms with E-state index in [4.69, 9.17) is 19.1 Å². The van der Waals surface area contributed by atoms with E-state index in [-0.39, 0.29) is 11.8 Å². The predicted molar refractivity (Wildman–Crippen MR) is 144 cm³/mol. The number of aromatic nitrogens is 5. The van der Waals surface area contributed by atoms with Gasteiger partial charge in [-0.2, -0.15) is 0 Å². The number of hydrogen-bond donors (Lipinski definition) is 0. The standard InChI is InChI=1S/C30H28FN5O3/c1-16-10-19(30(2,3)29(37)38-5)13-24-26(16)39-28(34-24)25-12-18(11-23(33-25)17-6-7-17)21-9-8-20(31)14-22(21)27-35-32-15-36(27)4/h8-15,17H,6-7H2,1-5H3. The highest BCUT2D eigenvalue weighted by Crippen LogP contribution is 2.43. The highest BCUT2D eigenvalue weighted by molar-refractivity contribution is 5.87. The molecule has 1 aliphatic carbocycles. The molecule has 3 aromatic heterocycles. The molecule has 1 fully saturated rings. The maximum Gasteiger partial charge on any atom is 0.315 e. The Hall–Kier alpha value is -4.40. The fourth-order valence-electron chi connectivity index (χ4n) is 4.93. The highest BCUT2D eigenvalue weighted by Gasteiger charge is 2.32. The number of carbonyl (C=O) groups excluding carboxylic acids is 1. The Morgan fingerprint density at radius 3 is 2.59 bits per heavy atom. The minimum absolute atomic E-state index is 0.327. The van der Waals surface area contributed by atoms with E-state index in [1.165, 1.54) is 19.2 Å². The molecule has 5 aromatic rings. The summed E-state index contributed by atoms with van der Waals surface area (Å²) < 4.78 is 27.4. The van der Waals surface area contributed by atoms with Crippen LogP contribution >= 0.6 is 0 Å². The molecule has 0 aliphatic heterocycles. The highest BCUT2D eigenvalue weighted by atomic mass is 19.1. The van der Waals surface area contributed by atoms with Gasteiger partial charge in [0.05, 0.1) is 12.5 Å². The van der Waals surface area contributed by atoms with Crippen molar-refractivity contribution in [1.82, 2.24) is 24.7 Å². The summed E-state index contributed by atoms with van der Waals surface area (Å²) in [6, 6.07) is 12.4. The molecule has 0 spiro atoms. The van der Waals surface area contributed by atoms with Crippen LogP contribution in [0.2, 0.25) is 0 Å². The van der Waals surface area contributed by atoms with Crippen molar-refractivity contribution >= 4 is 17.1 Å². The number of carbonyl (C=O) groups is 1. The number of fused-ring (bicyclic) bond motifs is 1. The number of aryl methyl sites for hydroxylation is 2. The van der Waals surface area contributed by atoms with E-state index in [0.29, 0.717) is 40.0 Å². The number of pyridine rings is 1. The van der Waals surface area contributed by atoms with Crippen LogP contribution in [-0.4, -0.2) is 37.8 Å². The van der Waals surface area contributed by atoms with Crippen molar-refractivity contribution in [3.05, 3.63) is 71.4 Å². The Bertz CT molecular complexity index is 1750. The lowest BCUT2D eigenvalue weighted by atomic mass is 9.84. The molecule has 0 atom stereocenters. The van der Waals surface area contributed by atoms with Crippen molar-refractivity contribution in [2.75, 3.05) is 7.11 Å². The normalized spacial score (nSPS) is 13.7. The van der Waals surface area contributed by atoms with Gasteiger partial charge in [-0.05, 0) is 86.2 Å². The van der Waals surface area contributed by atoms with Crippen molar-refractivity contribution in [2.45, 2.75) is 44.9 Å². The summed E-state index contributed by atoms with van der Waals surface area (Å²) in [5, 5.41) is 8.20. The summed E-state index contributed by atoms with van der Waals surface area (Å²) in [5.41, 5.74) is 5.93. The Balaban J connectivity index is 1.50. The van der Waals surface area contributed by atoms with E-state index in [2.05, 4.69) is 16.3 Å². The Morgan fingerprint density at radius 1 is 1.10 bits per heavy atom. The van der Waals surface area contributed by atoms with Crippen LogP contribution in [0.4, 0.5) is 4.39 Å². The molecule has 198 valence electrons. The van der Waals surface area contributed by atoms with Crippen LogP contribution in [0.3, 0.4) is 0 Å². The number of ether oxygens (including phenoxy) is 1. The summed E-state index contributed by atoms with van der Waals surface area (Å²) in [6.45, 7) is 5.58. The molecular formula is C30H28FN5O3. The first-order chi connectivity index (χ1) is 18.7. The third kappa shape index (κ3) is 4.37. The zero-order valence-corrected chi connectivity index (χ0v) is 22.4. The maximum absolute atomic E-state index is 14.4. The number of benzene rings is 2. The molecule has 9 heteroatoms. The summed E-state index contributed by atoms with van der Waals surface area (Å²) in [5.74, 6) is 0.627. The van der Waals surface area contributed by atoms with E-state index >= 15 is 0 Å². The lowest BCUT2D eigenvalue weighted by Crippen LogP contribution is -2.30. The lowest BCUT2D eigenvalue weighted by molar-refractivity contribution is -0.146. The summed E-state index contributed by atoms with van der Waals surface area (Å²) in [7, 11) is 3.21. The first-order valence-corrected chi connectivity index (χ1v) is 12.8. The molecule has 1 saturated carbocycles. The number of nitrogens with zero attached hydrogens (tertiary/aromatic N) is 5. The Morgan fingerprint density at radius 2 is 1.90 bits per heavy atom. The van der Waals surface area contributed by atoms with E-state index in [9.17, 15) is 9.18 Å². The van der Waals surface area contributed by atoms with Gasteiger partial charge in [-0.15, -0.1) is 10.2 Å². The van der Waals surface area contributed by atoms with Crippen molar-refractivity contribution in [2.24, 2.45) is 7.05 Å². The fourth-order valence-corrected chi connectivity index (χ4v) is 4.93. The van der Waals surface area contributed by atoms with Crippen molar-refractivity contribution < 1.29 is 18.3 Å². The molecule has 2 aromatic carbocycles. The monoisotopic (exact) mass is 525 g/mol. The molecule has 0 saturated heterocycles. The largest absolute Gasteiger partial charge is 0.468 e. The van der Waals surface area contributed by atoms with E-state index in [1.54, 1.807) is 17.0 Å². The number of hydrogen-bond acceptors (Lipinski definition) is 7. The van der Waals surface area contributed by atoms with Crippen molar-refractivity contribution in [3.8, 4) is 34.1 Å². The zero-order chi connectivity index (χ0) is 27.5. The molecule has 0 bridgehead atoms. The average Bonchev–Trinajstić information content (AvgIpc) is 3.54. The van der Waals surface area contributed by atoms with Crippen molar-refractivity contribution in [1.29, 1.82) is 0 Å². The first kappa shape index (κ1) is 24.9. The molecule has 0 unspecified atom stereocenters. The summed E-state index contributed by atoms with van der Waals surface area (Å²) in [4.78, 5) is 22.1. The van der Waals surface area contributed by atoms with Gasteiger partial charge in [-0.1, -0.05) is 12.1 Å². The lowest BCUT2D eigenvalue weighted by Gasteiger charge is -2.22. The molecule has 8 nitrogen and oxygen atoms in total. The van der Waals surface area contributed by atoms with Gasteiger partial charge in [0.15, 0.2) is 11.4 Å². The third-order valence-corrected chi connectivity index (χ3v) is 7.40. The van der Waals surface area contributed by atoms with Crippen LogP contribution in [0.15, 0.2) is 53.2 Å². The van der Waals surface area contributed by atoms with E-state index in [0.717, 1.165) is 40.8 Å². The van der Waals surface area contributed by atoms with Crippen molar-refractivity contribution in [3.63, 3.8) is 0 Å². The molecule has 0 N–H and O–H groups in total. The predicted octanol–water partition coefficient (Wildman–Crippen LogP) is 6.13. The smallest absolute Gasteiger partial charge is 0.315 e. The molecule has 1 aliphatic rings. The first-order valence-electron chi connectivity index (χ1n) is 12.8. The number of halogens is 1. The number of methoxy groups -OCH3 is 1. The van der Waals surface area contributed by atoms with Gasteiger partial charge in [0, 0.05) is 24.2 Å². The maximum atomic E-state index is 14.4. The molecular weight excluding hydrogens is 497 g/mol. The topological polar surface area (TPSA) is 95.9 Å². The van der Waals surface area contributed by atoms with Gasteiger partial charge in [0.25, 0.3) is 0 Å². The number of rotatable bonds is 6. The van der Waals surface area contributed by atoms with Crippen LogP contribution in [0.25, 0.3) is 45.2 Å². The molecule has 0 radical (unpaired) electrons. The fraction of sp³-hybridized carbons (Fsp3) is 0.300. The minimum Gasteiger partial charge on any atom is -0.468 e. The quantitative estimate of drug-likeness (QED) is 0.246. The van der Waals surface area contributed by atoms with Crippen LogP contribution < -0.4 is 0 Å². The molecule has 3 heterocycles. The minimum atomic E-state index is -0.844. The second kappa shape index (κ2) is 9.11. The van der Waals surface area contributed by atoms with Crippen LogP contribution in [0.5, 0.6) is 0 Å². The average molecular weight is 526 g/mol. The second-order valence-electron chi connectivity index (χ2n) is 10.7. The summed E-state index contributed by atoms with van der Waals surface area (Å²) in [6.07, 6.45) is 3.72. The molecule has 6 rings (SSSR count). The van der Waals surface area contributed by atoms with Gasteiger partial charge in [0.2, 0.25) is 5.89 Å². The van der Waals surface area contributed by atoms with Crippen LogP contribution in [0.1, 0.15) is 49.4 Å². The third-order valence-electron chi connectivity index (χ3n) is 7.40. The van der Waals surface area contributed by atoms with E-state index in [1.807, 2.05) is 46.0 Å². The zero-order valence-electron chi connectivity index (χ0n) is 22.4. The Labute approximate surface area is 224 Å². The number of esters is 1. The SMILES string of the molecule is COC(=O)C(C)(C)c1cc(C)c2oc(-c3cc(-c4ccc(F)cc4-c4nncn4C)cc(C4CC4)n3)nc2c1. The van der Waals surface area contributed by atoms with Gasteiger partial charge in [-0.3, -0.25) is 4.79 Å². The van der Waals surface area contributed by atoms with Crippen LogP contribution in [0, 0.1) is 12.7 Å². The van der Waals surface area contributed by atoms with Crippen LogP contribution in [-0.2, 0) is 22.0 Å². The Kier molecular flexibility index (Phi) is 5.82.